The number of ether oxygens (including phenoxy) is 2. The van der Waals surface area contributed by atoms with Crippen molar-refractivity contribution in [2.24, 2.45) is 5.10 Å². The summed E-state index contributed by atoms with van der Waals surface area (Å²) in [6, 6.07) is 11.8. The molecule has 4 nitrogen and oxygen atoms in total. The summed E-state index contributed by atoms with van der Waals surface area (Å²) >= 11 is 0. The fourth-order valence-electron chi connectivity index (χ4n) is 1.81. The summed E-state index contributed by atoms with van der Waals surface area (Å²) in [4.78, 5) is 0. The van der Waals surface area contributed by atoms with Crippen molar-refractivity contribution in [3.05, 3.63) is 59.4 Å². The van der Waals surface area contributed by atoms with Gasteiger partial charge in [-0.1, -0.05) is 12.1 Å². The van der Waals surface area contributed by atoms with Gasteiger partial charge in [-0.25, -0.2) is 4.39 Å². The van der Waals surface area contributed by atoms with E-state index in [1.165, 1.54) is 12.1 Å². The SMILES string of the molecule is COc1cc(C=NN(C)C)ccc1OCc1ccc(F)cc1. The molecule has 0 aliphatic heterocycles. The van der Waals surface area contributed by atoms with Crippen LogP contribution in [0.1, 0.15) is 11.1 Å². The molecule has 0 amide bonds. The van der Waals surface area contributed by atoms with Gasteiger partial charge in [0.25, 0.3) is 0 Å². The van der Waals surface area contributed by atoms with Gasteiger partial charge in [-0.15, -0.1) is 0 Å². The molecular weight excluding hydrogens is 283 g/mol. The van der Waals surface area contributed by atoms with Crippen molar-refractivity contribution in [1.82, 2.24) is 5.01 Å². The van der Waals surface area contributed by atoms with Gasteiger partial charge in [0.05, 0.1) is 13.3 Å². The van der Waals surface area contributed by atoms with Crippen LogP contribution >= 0.6 is 0 Å². The van der Waals surface area contributed by atoms with Crippen molar-refractivity contribution in [1.29, 1.82) is 0 Å². The van der Waals surface area contributed by atoms with Crippen LogP contribution in [0.3, 0.4) is 0 Å². The molecule has 0 saturated carbocycles. The number of benzene rings is 2. The van der Waals surface area contributed by atoms with E-state index in [2.05, 4.69) is 5.10 Å². The van der Waals surface area contributed by atoms with E-state index >= 15 is 0 Å². The summed E-state index contributed by atoms with van der Waals surface area (Å²) in [6.07, 6.45) is 1.74. The molecule has 0 fully saturated rings. The molecule has 0 aliphatic rings. The predicted molar refractivity (Wildman–Crippen MR) is 85.0 cm³/mol. The highest BCUT2D eigenvalue weighted by Crippen LogP contribution is 2.28. The van der Waals surface area contributed by atoms with Gasteiger partial charge in [0.1, 0.15) is 12.4 Å². The van der Waals surface area contributed by atoms with Crippen LogP contribution in [-0.2, 0) is 6.61 Å². The minimum Gasteiger partial charge on any atom is -0.493 e. The highest BCUT2D eigenvalue weighted by atomic mass is 19.1. The van der Waals surface area contributed by atoms with E-state index in [0.29, 0.717) is 18.1 Å². The standard InChI is InChI=1S/C17H19FN2O2/c1-20(2)19-11-14-6-9-16(17(10-14)21-3)22-12-13-4-7-15(18)8-5-13/h4-11H,12H2,1-3H3. The minimum absolute atomic E-state index is 0.258. The van der Waals surface area contributed by atoms with Crippen LogP contribution in [0.2, 0.25) is 0 Å². The van der Waals surface area contributed by atoms with E-state index in [1.54, 1.807) is 30.5 Å². The number of hydrogen-bond acceptors (Lipinski definition) is 4. The van der Waals surface area contributed by atoms with Crippen molar-refractivity contribution in [2.75, 3.05) is 21.2 Å². The van der Waals surface area contributed by atoms with Crippen LogP contribution in [0.5, 0.6) is 11.5 Å². The second-order valence-electron chi connectivity index (χ2n) is 4.92. The third kappa shape index (κ3) is 4.48. The second-order valence-corrected chi connectivity index (χ2v) is 4.92. The molecule has 0 N–H and O–H groups in total. The monoisotopic (exact) mass is 302 g/mol. The number of methoxy groups -OCH3 is 1. The van der Waals surface area contributed by atoms with Gasteiger partial charge < -0.3 is 14.5 Å². The maximum atomic E-state index is 12.9. The zero-order chi connectivity index (χ0) is 15.9. The first-order valence-electron chi connectivity index (χ1n) is 6.85. The number of rotatable bonds is 6. The Morgan fingerprint density at radius 2 is 1.82 bits per heavy atom. The number of halogens is 1. The van der Waals surface area contributed by atoms with Crippen LogP contribution < -0.4 is 9.47 Å². The van der Waals surface area contributed by atoms with Gasteiger partial charge in [0, 0.05) is 14.1 Å². The molecule has 2 rings (SSSR count). The lowest BCUT2D eigenvalue weighted by Crippen LogP contribution is -2.02. The molecule has 22 heavy (non-hydrogen) atoms. The Bertz CT molecular complexity index is 640. The van der Waals surface area contributed by atoms with Gasteiger partial charge in [-0.05, 0) is 41.5 Å². The van der Waals surface area contributed by atoms with Crippen LogP contribution in [0, 0.1) is 5.82 Å². The highest BCUT2D eigenvalue weighted by Gasteiger charge is 2.06. The Hall–Kier alpha value is -2.56. The van der Waals surface area contributed by atoms with E-state index in [0.717, 1.165) is 11.1 Å². The van der Waals surface area contributed by atoms with Gasteiger partial charge in [0.2, 0.25) is 0 Å². The average molecular weight is 302 g/mol. The van der Waals surface area contributed by atoms with E-state index < -0.39 is 0 Å². The molecule has 0 radical (unpaired) electrons. The molecule has 116 valence electrons. The zero-order valence-corrected chi connectivity index (χ0v) is 12.9. The third-order valence-electron chi connectivity index (χ3n) is 2.93. The Kier molecular flexibility index (Phi) is 5.36. The fraction of sp³-hybridized carbons (Fsp3) is 0.235. The van der Waals surface area contributed by atoms with Gasteiger partial charge >= 0.3 is 0 Å². The maximum Gasteiger partial charge on any atom is 0.161 e. The molecule has 0 unspecified atom stereocenters. The summed E-state index contributed by atoms with van der Waals surface area (Å²) in [5, 5.41) is 5.89. The summed E-state index contributed by atoms with van der Waals surface area (Å²) in [7, 11) is 5.30. The fourth-order valence-corrected chi connectivity index (χ4v) is 1.81. The van der Waals surface area contributed by atoms with Crippen molar-refractivity contribution < 1.29 is 13.9 Å². The highest BCUT2D eigenvalue weighted by molar-refractivity contribution is 5.80. The van der Waals surface area contributed by atoms with Gasteiger partial charge in [0.15, 0.2) is 11.5 Å². The smallest absolute Gasteiger partial charge is 0.161 e. The van der Waals surface area contributed by atoms with Crippen LogP contribution in [0.15, 0.2) is 47.6 Å². The van der Waals surface area contributed by atoms with E-state index in [1.807, 2.05) is 32.3 Å². The lowest BCUT2D eigenvalue weighted by molar-refractivity contribution is 0.284. The van der Waals surface area contributed by atoms with Gasteiger partial charge in [-0.2, -0.15) is 5.10 Å². The zero-order valence-electron chi connectivity index (χ0n) is 12.9. The molecular formula is C17H19FN2O2. The molecule has 0 bridgehead atoms. The summed E-state index contributed by atoms with van der Waals surface area (Å²) in [5.41, 5.74) is 1.81. The Labute approximate surface area is 129 Å². The lowest BCUT2D eigenvalue weighted by Gasteiger charge is -2.11. The summed E-state index contributed by atoms with van der Waals surface area (Å²) in [5.74, 6) is 1.00. The molecule has 0 aliphatic carbocycles. The first-order chi connectivity index (χ1) is 10.6. The Balaban J connectivity index is 2.08. The second kappa shape index (κ2) is 7.45. The van der Waals surface area contributed by atoms with Crippen molar-refractivity contribution >= 4 is 6.21 Å². The number of nitrogens with zero attached hydrogens (tertiary/aromatic N) is 2. The molecule has 5 heteroatoms. The van der Waals surface area contributed by atoms with Crippen LogP contribution in [0.4, 0.5) is 4.39 Å². The number of hydrazone groups is 1. The molecule has 0 heterocycles. The molecule has 2 aromatic rings. The average Bonchev–Trinajstić information content (AvgIpc) is 2.52. The van der Waals surface area contributed by atoms with Crippen LogP contribution in [0.25, 0.3) is 0 Å². The van der Waals surface area contributed by atoms with Crippen molar-refractivity contribution in [3.8, 4) is 11.5 Å². The third-order valence-corrected chi connectivity index (χ3v) is 2.93. The molecule has 0 atom stereocenters. The number of hydrogen-bond donors (Lipinski definition) is 0. The first-order valence-corrected chi connectivity index (χ1v) is 6.85. The quantitative estimate of drug-likeness (QED) is 0.606. The van der Waals surface area contributed by atoms with Crippen molar-refractivity contribution in [3.63, 3.8) is 0 Å². The predicted octanol–water partition coefficient (Wildman–Crippen LogP) is 3.31. The lowest BCUT2D eigenvalue weighted by atomic mass is 10.2. The largest absolute Gasteiger partial charge is 0.493 e. The topological polar surface area (TPSA) is 34.1 Å². The minimum atomic E-state index is -0.258. The van der Waals surface area contributed by atoms with Gasteiger partial charge in [-0.3, -0.25) is 0 Å². The molecule has 0 saturated heterocycles. The molecule has 0 aromatic heterocycles. The van der Waals surface area contributed by atoms with Crippen molar-refractivity contribution in [2.45, 2.75) is 6.61 Å². The Morgan fingerprint density at radius 3 is 2.45 bits per heavy atom. The first kappa shape index (κ1) is 15.8. The molecule has 0 spiro atoms. The normalized spacial score (nSPS) is 10.7. The van der Waals surface area contributed by atoms with E-state index in [-0.39, 0.29) is 5.82 Å². The van der Waals surface area contributed by atoms with Crippen LogP contribution in [-0.4, -0.2) is 32.4 Å². The summed E-state index contributed by atoms with van der Waals surface area (Å²) < 4.78 is 23.9. The molecule has 2 aromatic carbocycles. The van der Waals surface area contributed by atoms with E-state index in [4.69, 9.17) is 9.47 Å². The Morgan fingerprint density at radius 1 is 1.09 bits per heavy atom. The summed E-state index contributed by atoms with van der Waals surface area (Å²) in [6.45, 7) is 0.349. The maximum absolute atomic E-state index is 12.9. The van der Waals surface area contributed by atoms with E-state index in [9.17, 15) is 4.39 Å².